The van der Waals surface area contributed by atoms with Crippen molar-refractivity contribution in [3.8, 4) is 0 Å². The number of hydrogen-bond donors (Lipinski definition) is 2. The van der Waals surface area contributed by atoms with Crippen LogP contribution in [0.25, 0.3) is 0 Å². The molecule has 2 bridgehead atoms. The van der Waals surface area contributed by atoms with Crippen LogP contribution in [0.3, 0.4) is 0 Å². The normalized spacial score (nSPS) is 31.5. The highest BCUT2D eigenvalue weighted by Crippen LogP contribution is 2.39. The number of pyridine rings is 1. The molecule has 2 saturated heterocycles. The van der Waals surface area contributed by atoms with E-state index in [1.54, 1.807) is 0 Å². The zero-order chi connectivity index (χ0) is 13.4. The van der Waals surface area contributed by atoms with Crippen LogP contribution >= 0.6 is 0 Å². The summed E-state index contributed by atoms with van der Waals surface area (Å²) >= 11 is 0. The second kappa shape index (κ2) is 5.10. The second-order valence-corrected chi connectivity index (χ2v) is 5.78. The molecule has 2 aliphatic rings. The molecule has 0 aromatic carbocycles. The molecule has 2 fully saturated rings. The Kier molecular flexibility index (Phi) is 3.46. The largest absolute Gasteiger partial charge is 0.393 e. The van der Waals surface area contributed by atoms with Gasteiger partial charge in [-0.15, -0.1) is 0 Å². The van der Waals surface area contributed by atoms with Crippen LogP contribution in [-0.4, -0.2) is 33.4 Å². The number of rotatable bonds is 3. The fourth-order valence-corrected chi connectivity index (χ4v) is 3.53. The summed E-state index contributed by atoms with van der Waals surface area (Å²) in [6, 6.07) is 4.90. The third kappa shape index (κ3) is 2.35. The summed E-state index contributed by atoms with van der Waals surface area (Å²) in [6.45, 7) is 1.95. The van der Waals surface area contributed by atoms with Crippen LogP contribution in [0.5, 0.6) is 0 Å². The Hall–Kier alpha value is -1.13. The van der Waals surface area contributed by atoms with Gasteiger partial charge in [-0.25, -0.2) is 0 Å². The second-order valence-electron chi connectivity index (χ2n) is 5.78. The lowest BCUT2D eigenvalue weighted by Gasteiger charge is -2.38. The van der Waals surface area contributed by atoms with Gasteiger partial charge in [-0.2, -0.15) is 0 Å². The van der Waals surface area contributed by atoms with Gasteiger partial charge in [0.15, 0.2) is 0 Å². The fourth-order valence-electron chi connectivity index (χ4n) is 3.53. The van der Waals surface area contributed by atoms with E-state index in [1.807, 2.05) is 19.2 Å². The van der Waals surface area contributed by atoms with Gasteiger partial charge in [0.05, 0.1) is 29.8 Å². The number of hydrogen-bond acceptors (Lipinski definition) is 4. The van der Waals surface area contributed by atoms with Crippen LogP contribution in [0.15, 0.2) is 18.3 Å². The maximum Gasteiger partial charge on any atom is 0.0957 e. The van der Waals surface area contributed by atoms with E-state index in [0.29, 0.717) is 18.5 Å². The van der Waals surface area contributed by atoms with Crippen LogP contribution in [0, 0.1) is 0 Å². The molecule has 3 atom stereocenters. The average Bonchev–Trinajstić information content (AvgIpc) is 2.70. The Bertz CT molecular complexity index is 420. The Morgan fingerprint density at radius 1 is 1.32 bits per heavy atom. The van der Waals surface area contributed by atoms with Crippen molar-refractivity contribution in [2.45, 2.75) is 63.3 Å². The standard InChI is InChI=1S/C15H22N2O2/c1-2-15(19)14-6-5-12(9-16-14)17-10-3-4-11(17)8-13(18)7-10/h5-6,9-11,13,15,18-19H,2-4,7-8H2,1H3/t10?,11?,13?,15-/m1/s1. The molecule has 2 aliphatic heterocycles. The average molecular weight is 262 g/mol. The van der Waals surface area contributed by atoms with Gasteiger partial charge in [0.2, 0.25) is 0 Å². The van der Waals surface area contributed by atoms with E-state index in [1.165, 1.54) is 12.8 Å². The van der Waals surface area contributed by atoms with Crippen molar-refractivity contribution in [2.24, 2.45) is 0 Å². The first-order chi connectivity index (χ1) is 9.19. The molecule has 2 N–H and O–H groups in total. The first kappa shape index (κ1) is 12.9. The lowest BCUT2D eigenvalue weighted by Crippen LogP contribution is -2.44. The Labute approximate surface area is 114 Å². The molecule has 0 amide bonds. The molecule has 0 spiro atoms. The van der Waals surface area contributed by atoms with Crippen molar-refractivity contribution < 1.29 is 10.2 Å². The molecule has 3 heterocycles. The van der Waals surface area contributed by atoms with Crippen molar-refractivity contribution in [3.05, 3.63) is 24.0 Å². The highest BCUT2D eigenvalue weighted by Gasteiger charge is 2.40. The van der Waals surface area contributed by atoms with Crippen molar-refractivity contribution in [3.63, 3.8) is 0 Å². The first-order valence-corrected chi connectivity index (χ1v) is 7.29. The van der Waals surface area contributed by atoms with E-state index in [2.05, 4.69) is 16.0 Å². The highest BCUT2D eigenvalue weighted by molar-refractivity contribution is 5.49. The molecule has 104 valence electrons. The van der Waals surface area contributed by atoms with Crippen LogP contribution in [0.2, 0.25) is 0 Å². The predicted octanol–water partition coefficient (Wildman–Crippen LogP) is 2.02. The molecular formula is C15H22N2O2. The van der Waals surface area contributed by atoms with Gasteiger partial charge in [-0.1, -0.05) is 6.92 Å². The molecular weight excluding hydrogens is 240 g/mol. The van der Waals surface area contributed by atoms with E-state index in [0.717, 1.165) is 24.2 Å². The van der Waals surface area contributed by atoms with E-state index in [9.17, 15) is 10.2 Å². The summed E-state index contributed by atoms with van der Waals surface area (Å²) in [7, 11) is 0. The minimum absolute atomic E-state index is 0.136. The van der Waals surface area contributed by atoms with Gasteiger partial charge in [0.1, 0.15) is 0 Å². The topological polar surface area (TPSA) is 56.6 Å². The fraction of sp³-hybridized carbons (Fsp3) is 0.667. The zero-order valence-corrected chi connectivity index (χ0v) is 11.4. The highest BCUT2D eigenvalue weighted by atomic mass is 16.3. The molecule has 4 heteroatoms. The predicted molar refractivity (Wildman–Crippen MR) is 74.0 cm³/mol. The Balaban J connectivity index is 1.80. The zero-order valence-electron chi connectivity index (χ0n) is 11.4. The van der Waals surface area contributed by atoms with E-state index < -0.39 is 6.10 Å². The van der Waals surface area contributed by atoms with Gasteiger partial charge in [0.25, 0.3) is 0 Å². The van der Waals surface area contributed by atoms with Crippen LogP contribution < -0.4 is 4.90 Å². The summed E-state index contributed by atoms with van der Waals surface area (Å²) in [5.41, 5.74) is 1.88. The minimum atomic E-state index is -0.464. The number of aromatic nitrogens is 1. The smallest absolute Gasteiger partial charge is 0.0957 e. The number of nitrogens with zero attached hydrogens (tertiary/aromatic N) is 2. The van der Waals surface area contributed by atoms with Gasteiger partial charge in [-0.3, -0.25) is 4.98 Å². The van der Waals surface area contributed by atoms with Crippen LogP contribution in [0.1, 0.15) is 50.8 Å². The minimum Gasteiger partial charge on any atom is -0.393 e. The van der Waals surface area contributed by atoms with Crippen molar-refractivity contribution in [1.29, 1.82) is 0 Å². The SMILES string of the molecule is CC[C@@H](O)c1ccc(N2C3CCC2CC(O)C3)cn1. The van der Waals surface area contributed by atoms with Gasteiger partial charge in [0, 0.05) is 12.1 Å². The summed E-state index contributed by atoms with van der Waals surface area (Å²) in [5.74, 6) is 0. The lowest BCUT2D eigenvalue weighted by molar-refractivity contribution is 0.126. The Morgan fingerprint density at radius 3 is 2.53 bits per heavy atom. The van der Waals surface area contributed by atoms with Gasteiger partial charge in [-0.05, 0) is 44.2 Å². The monoisotopic (exact) mass is 262 g/mol. The molecule has 1 aromatic heterocycles. The van der Waals surface area contributed by atoms with Crippen molar-refractivity contribution >= 4 is 5.69 Å². The summed E-state index contributed by atoms with van der Waals surface area (Å²) in [6.07, 6.45) is 6.04. The third-order valence-electron chi connectivity index (χ3n) is 4.51. The number of anilines is 1. The van der Waals surface area contributed by atoms with Crippen LogP contribution in [0.4, 0.5) is 5.69 Å². The molecule has 0 radical (unpaired) electrons. The van der Waals surface area contributed by atoms with E-state index in [4.69, 9.17) is 0 Å². The number of aliphatic hydroxyl groups is 2. The van der Waals surface area contributed by atoms with Crippen molar-refractivity contribution in [1.82, 2.24) is 4.98 Å². The Morgan fingerprint density at radius 2 is 2.00 bits per heavy atom. The lowest BCUT2D eigenvalue weighted by atomic mass is 9.99. The quantitative estimate of drug-likeness (QED) is 0.875. The van der Waals surface area contributed by atoms with Crippen LogP contribution in [-0.2, 0) is 0 Å². The molecule has 3 rings (SSSR count). The van der Waals surface area contributed by atoms with Gasteiger partial charge < -0.3 is 15.1 Å². The molecule has 4 nitrogen and oxygen atoms in total. The number of piperidine rings is 1. The van der Waals surface area contributed by atoms with E-state index in [-0.39, 0.29) is 6.10 Å². The first-order valence-electron chi connectivity index (χ1n) is 7.29. The number of fused-ring (bicyclic) bond motifs is 2. The van der Waals surface area contributed by atoms with Crippen molar-refractivity contribution in [2.75, 3.05) is 4.90 Å². The molecule has 19 heavy (non-hydrogen) atoms. The molecule has 2 unspecified atom stereocenters. The molecule has 1 aromatic rings. The summed E-state index contributed by atoms with van der Waals surface area (Å²) < 4.78 is 0. The number of aliphatic hydroxyl groups excluding tert-OH is 2. The maximum absolute atomic E-state index is 9.83. The summed E-state index contributed by atoms with van der Waals surface area (Å²) in [5, 5.41) is 19.6. The molecule has 0 aliphatic carbocycles. The summed E-state index contributed by atoms with van der Waals surface area (Å²) in [4.78, 5) is 6.80. The van der Waals surface area contributed by atoms with Gasteiger partial charge >= 0.3 is 0 Å². The third-order valence-corrected chi connectivity index (χ3v) is 4.51. The molecule has 0 saturated carbocycles. The maximum atomic E-state index is 9.83. The van der Waals surface area contributed by atoms with E-state index >= 15 is 0 Å².